The summed E-state index contributed by atoms with van der Waals surface area (Å²) in [7, 11) is 1.45. The van der Waals surface area contributed by atoms with E-state index < -0.39 is 0 Å². The second-order valence-corrected chi connectivity index (χ2v) is 7.88. The predicted molar refractivity (Wildman–Crippen MR) is 109 cm³/mol. The number of para-hydroxylation sites is 1. The van der Waals surface area contributed by atoms with Crippen LogP contribution in [0.2, 0.25) is 0 Å². The Morgan fingerprint density at radius 3 is 2.68 bits per heavy atom. The summed E-state index contributed by atoms with van der Waals surface area (Å²) in [5, 5.41) is 3.90. The molecule has 7 heteroatoms. The van der Waals surface area contributed by atoms with Gasteiger partial charge in [0.05, 0.1) is 26.4 Å². The van der Waals surface area contributed by atoms with E-state index in [2.05, 4.69) is 16.4 Å². The highest BCUT2D eigenvalue weighted by Gasteiger charge is 2.32. The number of hydrogen-bond donors (Lipinski definition) is 1. The predicted octanol–water partition coefficient (Wildman–Crippen LogP) is 3.87. The molecule has 0 radical (unpaired) electrons. The lowest BCUT2D eigenvalue weighted by molar-refractivity contribution is -0.116. The molecule has 0 atom stereocenters. The second-order valence-electron chi connectivity index (χ2n) is 6.76. The number of carbonyl (C=O) groups is 3. The Balaban J connectivity index is 1.28. The number of nitrogens with one attached hydrogen (secondary N) is 1. The molecule has 28 heavy (non-hydrogen) atoms. The fourth-order valence-electron chi connectivity index (χ4n) is 3.25. The molecule has 1 aliphatic heterocycles. The minimum Gasteiger partial charge on any atom is -0.326 e. The van der Waals surface area contributed by atoms with E-state index in [4.69, 9.17) is 0 Å². The average Bonchev–Trinajstić information content (AvgIpc) is 3.20. The first kappa shape index (κ1) is 18.3. The van der Waals surface area contributed by atoms with E-state index in [0.717, 1.165) is 34.7 Å². The van der Waals surface area contributed by atoms with Crippen LogP contribution in [0.5, 0.6) is 0 Å². The highest BCUT2D eigenvalue weighted by atomic mass is 32.1. The number of imide groups is 1. The van der Waals surface area contributed by atoms with Gasteiger partial charge in [0.25, 0.3) is 11.8 Å². The number of amides is 3. The molecule has 6 nitrogen and oxygen atoms in total. The lowest BCUT2D eigenvalue weighted by atomic mass is 10.1. The van der Waals surface area contributed by atoms with Gasteiger partial charge in [0.15, 0.2) is 0 Å². The van der Waals surface area contributed by atoms with Crippen molar-refractivity contribution in [3.8, 4) is 0 Å². The van der Waals surface area contributed by atoms with Gasteiger partial charge in [-0.2, -0.15) is 0 Å². The molecular formula is C21H19N3O3S. The minimum atomic E-state index is -0.341. The number of anilines is 1. The van der Waals surface area contributed by atoms with E-state index in [-0.39, 0.29) is 17.7 Å². The first-order chi connectivity index (χ1) is 13.5. The fraction of sp³-hybridized carbons (Fsp3) is 0.238. The van der Waals surface area contributed by atoms with Crippen LogP contribution in [-0.2, 0) is 11.2 Å². The maximum atomic E-state index is 12.2. The maximum Gasteiger partial charge on any atom is 0.261 e. The Hall–Kier alpha value is -3.06. The standard InChI is InChI=1S/C21H19N3O3S/c1-24-20(26)14-11-10-13(12-15(14)21(24)27)22-18(25)8-4-5-9-19-23-16-6-2-3-7-17(16)28-19/h2-3,6-7,10-12H,4-5,8-9H2,1H3,(H,22,25). The summed E-state index contributed by atoms with van der Waals surface area (Å²) in [6, 6.07) is 12.9. The van der Waals surface area contributed by atoms with E-state index in [1.807, 2.05) is 18.2 Å². The molecule has 0 saturated heterocycles. The summed E-state index contributed by atoms with van der Waals surface area (Å²) < 4.78 is 1.19. The quantitative estimate of drug-likeness (QED) is 0.509. The zero-order valence-electron chi connectivity index (χ0n) is 15.4. The van der Waals surface area contributed by atoms with Gasteiger partial charge in [0, 0.05) is 19.2 Å². The number of rotatable bonds is 6. The topological polar surface area (TPSA) is 79.4 Å². The highest BCUT2D eigenvalue weighted by Crippen LogP contribution is 2.25. The number of fused-ring (bicyclic) bond motifs is 2. The van der Waals surface area contributed by atoms with E-state index in [1.54, 1.807) is 29.5 Å². The highest BCUT2D eigenvalue weighted by molar-refractivity contribution is 7.18. The molecule has 1 aliphatic rings. The smallest absolute Gasteiger partial charge is 0.261 e. The van der Waals surface area contributed by atoms with Gasteiger partial charge in [0.1, 0.15) is 0 Å². The normalized spacial score (nSPS) is 13.2. The first-order valence-corrected chi connectivity index (χ1v) is 9.95. The molecule has 0 saturated carbocycles. The van der Waals surface area contributed by atoms with Crippen LogP contribution in [0, 0.1) is 0 Å². The van der Waals surface area contributed by atoms with Crippen LogP contribution in [0.15, 0.2) is 42.5 Å². The molecule has 0 fully saturated rings. The number of unbranched alkanes of at least 4 members (excludes halogenated alkanes) is 1. The van der Waals surface area contributed by atoms with Crippen molar-refractivity contribution in [1.82, 2.24) is 9.88 Å². The van der Waals surface area contributed by atoms with Gasteiger partial charge in [-0.1, -0.05) is 12.1 Å². The summed E-state index contributed by atoms with van der Waals surface area (Å²) in [6.07, 6.45) is 2.89. The minimum absolute atomic E-state index is 0.102. The van der Waals surface area contributed by atoms with Crippen molar-refractivity contribution in [2.75, 3.05) is 12.4 Å². The summed E-state index contributed by atoms with van der Waals surface area (Å²) in [6.45, 7) is 0. The number of aromatic nitrogens is 1. The van der Waals surface area contributed by atoms with Crippen molar-refractivity contribution in [1.29, 1.82) is 0 Å². The molecule has 1 aromatic heterocycles. The number of hydrogen-bond acceptors (Lipinski definition) is 5. The van der Waals surface area contributed by atoms with Crippen molar-refractivity contribution >= 4 is 45.0 Å². The second kappa shape index (κ2) is 7.52. The summed E-state index contributed by atoms with van der Waals surface area (Å²) in [5.74, 6) is -0.756. The molecule has 142 valence electrons. The van der Waals surface area contributed by atoms with E-state index in [0.29, 0.717) is 23.2 Å². The third-order valence-electron chi connectivity index (χ3n) is 4.76. The first-order valence-electron chi connectivity index (χ1n) is 9.13. The average molecular weight is 393 g/mol. The molecule has 4 rings (SSSR count). The molecule has 2 heterocycles. The van der Waals surface area contributed by atoms with E-state index in [1.165, 1.54) is 11.7 Å². The fourth-order valence-corrected chi connectivity index (χ4v) is 4.26. The Labute approximate surface area is 166 Å². The van der Waals surface area contributed by atoms with Crippen LogP contribution >= 0.6 is 11.3 Å². The molecule has 2 aromatic carbocycles. The SMILES string of the molecule is CN1C(=O)c2ccc(NC(=O)CCCCc3nc4ccccc4s3)cc2C1=O. The molecule has 3 aromatic rings. The monoisotopic (exact) mass is 393 g/mol. The molecule has 0 bridgehead atoms. The molecular weight excluding hydrogens is 374 g/mol. The Morgan fingerprint density at radius 1 is 1.07 bits per heavy atom. The van der Waals surface area contributed by atoms with E-state index >= 15 is 0 Å². The van der Waals surface area contributed by atoms with Crippen molar-refractivity contribution in [3.05, 3.63) is 58.6 Å². The van der Waals surface area contributed by atoms with Gasteiger partial charge >= 0.3 is 0 Å². The number of nitrogens with zero attached hydrogens (tertiary/aromatic N) is 2. The Kier molecular flexibility index (Phi) is 4.92. The van der Waals surface area contributed by atoms with Gasteiger partial charge < -0.3 is 5.32 Å². The van der Waals surface area contributed by atoms with Crippen molar-refractivity contribution < 1.29 is 14.4 Å². The zero-order valence-corrected chi connectivity index (χ0v) is 16.2. The van der Waals surface area contributed by atoms with Crippen LogP contribution in [0.25, 0.3) is 10.2 Å². The Morgan fingerprint density at radius 2 is 1.86 bits per heavy atom. The van der Waals surface area contributed by atoms with Gasteiger partial charge in [0.2, 0.25) is 5.91 Å². The number of carbonyl (C=O) groups excluding carboxylic acids is 3. The molecule has 0 unspecified atom stereocenters. The number of thiazole rings is 1. The molecule has 1 N–H and O–H groups in total. The molecule has 0 spiro atoms. The summed E-state index contributed by atoms with van der Waals surface area (Å²) >= 11 is 1.70. The zero-order chi connectivity index (χ0) is 19.7. The molecule has 3 amide bonds. The lowest BCUT2D eigenvalue weighted by Crippen LogP contribution is -2.24. The Bertz CT molecular complexity index is 1060. The van der Waals surface area contributed by atoms with E-state index in [9.17, 15) is 14.4 Å². The molecule has 0 aliphatic carbocycles. The lowest BCUT2D eigenvalue weighted by Gasteiger charge is -2.06. The number of benzene rings is 2. The van der Waals surface area contributed by atoms with Crippen molar-refractivity contribution in [2.45, 2.75) is 25.7 Å². The maximum absolute atomic E-state index is 12.2. The van der Waals surface area contributed by atoms with Gasteiger partial charge in [-0.3, -0.25) is 19.3 Å². The summed E-state index contributed by atoms with van der Waals surface area (Å²) in [4.78, 5) is 41.8. The number of aryl methyl sites for hydroxylation is 1. The largest absolute Gasteiger partial charge is 0.326 e. The van der Waals surface area contributed by atoms with Crippen molar-refractivity contribution in [2.24, 2.45) is 0 Å². The van der Waals surface area contributed by atoms with Crippen LogP contribution in [0.4, 0.5) is 5.69 Å². The summed E-state index contributed by atoms with van der Waals surface area (Å²) in [5.41, 5.74) is 2.27. The third-order valence-corrected chi connectivity index (χ3v) is 5.85. The van der Waals surface area contributed by atoms with Crippen LogP contribution in [0.1, 0.15) is 45.0 Å². The van der Waals surface area contributed by atoms with Crippen LogP contribution in [-0.4, -0.2) is 34.7 Å². The van der Waals surface area contributed by atoms with Crippen molar-refractivity contribution in [3.63, 3.8) is 0 Å². The van der Waals surface area contributed by atoms with Gasteiger partial charge in [-0.15, -0.1) is 11.3 Å². The van der Waals surface area contributed by atoms with Gasteiger partial charge in [-0.25, -0.2) is 4.98 Å². The third kappa shape index (κ3) is 3.53. The van der Waals surface area contributed by atoms with Gasteiger partial charge in [-0.05, 0) is 49.6 Å². The van der Waals surface area contributed by atoms with Crippen LogP contribution < -0.4 is 5.32 Å². The van der Waals surface area contributed by atoms with Crippen LogP contribution in [0.3, 0.4) is 0 Å².